The predicted molar refractivity (Wildman–Crippen MR) is 230 cm³/mol. The van der Waals surface area contributed by atoms with Gasteiger partial charge in [0.05, 0.1) is 16.4 Å². The van der Waals surface area contributed by atoms with Crippen molar-refractivity contribution in [2.45, 2.75) is 5.41 Å². The number of hydrogen-bond acceptors (Lipinski definition) is 1. The van der Waals surface area contributed by atoms with E-state index in [2.05, 4.69) is 199 Å². The van der Waals surface area contributed by atoms with Crippen LogP contribution in [0.1, 0.15) is 22.3 Å². The molecule has 0 N–H and O–H groups in total. The van der Waals surface area contributed by atoms with Gasteiger partial charge in [0.25, 0.3) is 0 Å². The average Bonchev–Trinajstić information content (AvgIpc) is 3.99. The highest BCUT2D eigenvalue weighted by Gasteiger charge is 2.52. The van der Waals surface area contributed by atoms with Gasteiger partial charge in [-0.1, -0.05) is 158 Å². The van der Waals surface area contributed by atoms with Gasteiger partial charge in [0.2, 0.25) is 0 Å². The molecule has 9 aromatic carbocycles. The third-order valence-corrected chi connectivity index (χ3v) is 12.8. The van der Waals surface area contributed by atoms with Gasteiger partial charge in [-0.2, -0.15) is 0 Å². The molecule has 1 spiro atoms. The molecule has 1 atom stereocenters. The zero-order chi connectivity index (χ0) is 36.5. The second-order valence-corrected chi connectivity index (χ2v) is 15.4. The van der Waals surface area contributed by atoms with E-state index in [9.17, 15) is 0 Å². The molecule has 0 saturated heterocycles. The first-order valence-electron chi connectivity index (χ1n) is 19.5. The Kier molecular flexibility index (Phi) is 5.86. The molecule has 1 aromatic heterocycles. The van der Waals surface area contributed by atoms with Crippen LogP contribution in [0.3, 0.4) is 0 Å². The Balaban J connectivity index is 1.00. The summed E-state index contributed by atoms with van der Waals surface area (Å²) in [5.74, 6) is 0.943. The minimum absolute atomic E-state index is 0.422. The van der Waals surface area contributed by atoms with Crippen molar-refractivity contribution in [3.63, 3.8) is 0 Å². The molecule has 10 aromatic rings. The van der Waals surface area contributed by atoms with Gasteiger partial charge >= 0.3 is 0 Å². The second kappa shape index (κ2) is 10.9. The molecule has 0 aliphatic heterocycles. The molecule has 2 heteroatoms. The number of fused-ring (bicyclic) bond motifs is 15. The molecule has 0 bridgehead atoms. The third kappa shape index (κ3) is 3.73. The monoisotopic (exact) mass is 708 g/mol. The van der Waals surface area contributed by atoms with Crippen molar-refractivity contribution in [2.24, 2.45) is 0 Å². The van der Waals surface area contributed by atoms with Crippen LogP contribution in [-0.2, 0) is 5.41 Å². The molecular weight excluding hydrogens is 677 g/mol. The summed E-state index contributed by atoms with van der Waals surface area (Å²) in [6, 6.07) is 71.8. The first-order valence-corrected chi connectivity index (χ1v) is 19.5. The van der Waals surface area contributed by atoms with E-state index in [1.165, 1.54) is 88.7 Å². The van der Waals surface area contributed by atoms with Crippen molar-refractivity contribution >= 4 is 21.8 Å². The maximum absolute atomic E-state index is 5.12. The summed E-state index contributed by atoms with van der Waals surface area (Å²) in [4.78, 5) is 5.12. The quantitative estimate of drug-likeness (QED) is 0.179. The van der Waals surface area contributed by atoms with Crippen molar-refractivity contribution < 1.29 is 0 Å². The predicted octanol–water partition coefficient (Wildman–Crippen LogP) is 13.5. The smallest absolute Gasteiger partial charge is 0.145 e. The van der Waals surface area contributed by atoms with E-state index in [1.807, 2.05) is 0 Å². The first kappa shape index (κ1) is 30.1. The fourth-order valence-electron chi connectivity index (χ4n) is 10.5. The van der Waals surface area contributed by atoms with Crippen molar-refractivity contribution in [3.05, 3.63) is 216 Å². The third-order valence-electron chi connectivity index (χ3n) is 12.8. The lowest BCUT2D eigenvalue weighted by Gasteiger charge is -2.31. The molecule has 258 valence electrons. The standard InChI is InChI=1S/C54H32N2/c1-2-13-36(14-3-1)56-50-24-11-10-23-49(50)55-53(56)34-27-25-33(26-28-34)35-29-30-47-43(31-35)39-17-6-8-21-45(39)54(47)46-22-9-7-18-41(46)52-42-20-12-19-40-37-15-4-5-16-38(37)44(51(40)42)32-48(52)54/h1-32H. The average molecular weight is 709 g/mol. The summed E-state index contributed by atoms with van der Waals surface area (Å²) < 4.78 is 2.27. The van der Waals surface area contributed by atoms with Gasteiger partial charge < -0.3 is 0 Å². The Morgan fingerprint density at radius 1 is 0.375 bits per heavy atom. The number of nitrogens with zero attached hydrogens (tertiary/aromatic N) is 2. The lowest BCUT2D eigenvalue weighted by Crippen LogP contribution is -2.25. The van der Waals surface area contributed by atoms with E-state index in [1.54, 1.807) is 0 Å². The molecule has 0 amide bonds. The molecule has 0 saturated carbocycles. The molecule has 0 radical (unpaired) electrons. The summed E-state index contributed by atoms with van der Waals surface area (Å²) in [7, 11) is 0. The molecule has 1 unspecified atom stereocenters. The van der Waals surface area contributed by atoms with Crippen LogP contribution in [-0.4, -0.2) is 9.55 Å². The van der Waals surface area contributed by atoms with Crippen LogP contribution in [0.15, 0.2) is 194 Å². The molecule has 13 rings (SSSR count). The van der Waals surface area contributed by atoms with E-state index in [4.69, 9.17) is 4.98 Å². The fourth-order valence-corrected chi connectivity index (χ4v) is 10.5. The number of hydrogen-bond donors (Lipinski definition) is 0. The Morgan fingerprint density at radius 3 is 1.80 bits per heavy atom. The van der Waals surface area contributed by atoms with Crippen LogP contribution in [0.2, 0.25) is 0 Å². The van der Waals surface area contributed by atoms with Gasteiger partial charge in [-0.25, -0.2) is 4.98 Å². The molecule has 3 aliphatic carbocycles. The number of para-hydroxylation sites is 3. The summed E-state index contributed by atoms with van der Waals surface area (Å²) >= 11 is 0. The lowest BCUT2D eigenvalue weighted by molar-refractivity contribution is 0.795. The van der Waals surface area contributed by atoms with Crippen LogP contribution in [0, 0.1) is 0 Å². The Morgan fingerprint density at radius 2 is 0.982 bits per heavy atom. The zero-order valence-electron chi connectivity index (χ0n) is 30.4. The minimum Gasteiger partial charge on any atom is -0.292 e. The van der Waals surface area contributed by atoms with E-state index >= 15 is 0 Å². The zero-order valence-corrected chi connectivity index (χ0v) is 30.4. The van der Waals surface area contributed by atoms with Gasteiger partial charge in [0.1, 0.15) is 5.82 Å². The van der Waals surface area contributed by atoms with Crippen LogP contribution < -0.4 is 0 Å². The van der Waals surface area contributed by atoms with Crippen molar-refractivity contribution in [3.8, 4) is 72.7 Å². The van der Waals surface area contributed by atoms with Crippen molar-refractivity contribution in [1.82, 2.24) is 9.55 Å². The normalized spacial score (nSPS) is 15.2. The number of benzene rings is 9. The topological polar surface area (TPSA) is 17.8 Å². The number of aromatic nitrogens is 2. The molecule has 3 aliphatic rings. The highest BCUT2D eigenvalue weighted by Crippen LogP contribution is 2.65. The van der Waals surface area contributed by atoms with Crippen LogP contribution in [0.25, 0.3) is 94.5 Å². The Bertz CT molecular complexity index is 3300. The molecule has 2 nitrogen and oxygen atoms in total. The highest BCUT2D eigenvalue weighted by atomic mass is 15.1. The fraction of sp³-hybridized carbons (Fsp3) is 0.0185. The van der Waals surface area contributed by atoms with Crippen LogP contribution in [0.5, 0.6) is 0 Å². The molecule has 1 heterocycles. The van der Waals surface area contributed by atoms with E-state index in [0.717, 1.165) is 28.1 Å². The second-order valence-electron chi connectivity index (χ2n) is 15.4. The Hall–Kier alpha value is -7.29. The van der Waals surface area contributed by atoms with Crippen molar-refractivity contribution in [2.75, 3.05) is 0 Å². The van der Waals surface area contributed by atoms with Gasteiger partial charge in [-0.3, -0.25) is 4.57 Å². The number of rotatable bonds is 3. The molecular formula is C54H32N2. The van der Waals surface area contributed by atoms with Crippen LogP contribution >= 0.6 is 0 Å². The molecule has 0 fully saturated rings. The molecule has 56 heavy (non-hydrogen) atoms. The largest absolute Gasteiger partial charge is 0.292 e. The maximum atomic E-state index is 5.12. The summed E-state index contributed by atoms with van der Waals surface area (Å²) in [5.41, 5.74) is 22.4. The van der Waals surface area contributed by atoms with E-state index in [0.29, 0.717) is 0 Å². The summed E-state index contributed by atoms with van der Waals surface area (Å²) in [6.07, 6.45) is 0. The summed E-state index contributed by atoms with van der Waals surface area (Å²) in [5, 5.41) is 2.72. The van der Waals surface area contributed by atoms with Gasteiger partial charge in [-0.15, -0.1) is 0 Å². The van der Waals surface area contributed by atoms with Gasteiger partial charge in [0, 0.05) is 11.3 Å². The first-order chi connectivity index (χ1) is 27.8. The highest BCUT2D eigenvalue weighted by molar-refractivity contribution is 6.21. The van der Waals surface area contributed by atoms with Crippen LogP contribution in [0.4, 0.5) is 0 Å². The Labute approximate surface area is 324 Å². The number of imidazole rings is 1. The van der Waals surface area contributed by atoms with Gasteiger partial charge in [-0.05, 0) is 125 Å². The van der Waals surface area contributed by atoms with E-state index < -0.39 is 5.41 Å². The summed E-state index contributed by atoms with van der Waals surface area (Å²) in [6.45, 7) is 0. The van der Waals surface area contributed by atoms with Gasteiger partial charge in [0.15, 0.2) is 0 Å². The lowest BCUT2D eigenvalue weighted by atomic mass is 9.70. The maximum Gasteiger partial charge on any atom is 0.145 e. The SMILES string of the molecule is c1ccc(-n2c(-c3ccc(-c4ccc5c(c4)-c4ccccc4C54c5ccccc5-c5c4cc4c6c(cccc56)-c5ccccc5-4)cc3)nc3ccccc32)cc1. The van der Waals surface area contributed by atoms with Crippen molar-refractivity contribution in [1.29, 1.82) is 0 Å². The van der Waals surface area contributed by atoms with E-state index in [-0.39, 0.29) is 0 Å². The minimum atomic E-state index is -0.422.